The molecule has 4 rings (SSSR count). The van der Waals surface area contributed by atoms with Crippen molar-refractivity contribution in [3.8, 4) is 0 Å². The molecule has 4 heteroatoms. The van der Waals surface area contributed by atoms with E-state index in [-0.39, 0.29) is 11.9 Å². The van der Waals surface area contributed by atoms with Crippen molar-refractivity contribution in [2.45, 2.75) is 58.0 Å². The summed E-state index contributed by atoms with van der Waals surface area (Å²) in [5.74, 6) is 1.28. The number of fused-ring (bicyclic) bond motifs is 2. The van der Waals surface area contributed by atoms with Crippen LogP contribution in [0.5, 0.6) is 0 Å². The zero-order valence-electron chi connectivity index (χ0n) is 13.6. The van der Waals surface area contributed by atoms with Crippen LogP contribution in [0.15, 0.2) is 24.4 Å². The smallest absolute Gasteiger partial charge is 0.224 e. The Morgan fingerprint density at radius 2 is 2.17 bits per heavy atom. The molecular weight excluding hydrogens is 286 g/mol. The average Bonchev–Trinajstić information content (AvgIpc) is 3.11. The number of benzene rings is 1. The largest absolute Gasteiger partial charge is 0.351 e. The summed E-state index contributed by atoms with van der Waals surface area (Å²) in [4.78, 5) is 16.9. The summed E-state index contributed by atoms with van der Waals surface area (Å²) in [5.41, 5.74) is 5.10. The highest BCUT2D eigenvalue weighted by Crippen LogP contribution is 2.23. The first-order valence-corrected chi connectivity index (χ1v) is 8.60. The molecule has 2 aliphatic rings. The number of imidazole rings is 1. The summed E-state index contributed by atoms with van der Waals surface area (Å²) in [6, 6.07) is 6.76. The summed E-state index contributed by atoms with van der Waals surface area (Å²) in [5, 5.41) is 3.20. The molecule has 0 radical (unpaired) electrons. The molecular formula is C19H23N3O. The summed E-state index contributed by atoms with van der Waals surface area (Å²) in [7, 11) is 0. The van der Waals surface area contributed by atoms with Gasteiger partial charge >= 0.3 is 0 Å². The molecule has 0 saturated heterocycles. The molecule has 1 aliphatic carbocycles. The number of amides is 1. The van der Waals surface area contributed by atoms with Gasteiger partial charge in [0.25, 0.3) is 0 Å². The van der Waals surface area contributed by atoms with E-state index in [9.17, 15) is 4.79 Å². The SMILES string of the molecule is Cc1cn2c(n1)CCC(NC(=O)Cc1ccc3c(c1)CCC3)C2. The molecule has 0 saturated carbocycles. The Morgan fingerprint density at radius 1 is 1.30 bits per heavy atom. The number of rotatable bonds is 3. The minimum absolute atomic E-state index is 0.133. The van der Waals surface area contributed by atoms with Gasteiger partial charge in [-0.1, -0.05) is 18.2 Å². The van der Waals surface area contributed by atoms with Crippen LogP contribution < -0.4 is 5.32 Å². The topological polar surface area (TPSA) is 46.9 Å². The summed E-state index contributed by atoms with van der Waals surface area (Å²) in [6.07, 6.45) is 8.09. The molecule has 1 amide bonds. The van der Waals surface area contributed by atoms with Crippen LogP contribution in [0.1, 0.15) is 41.1 Å². The molecule has 1 atom stereocenters. The van der Waals surface area contributed by atoms with Gasteiger partial charge in [-0.25, -0.2) is 4.98 Å². The highest BCUT2D eigenvalue weighted by atomic mass is 16.1. The average molecular weight is 309 g/mol. The van der Waals surface area contributed by atoms with E-state index in [0.717, 1.165) is 42.9 Å². The van der Waals surface area contributed by atoms with Crippen LogP contribution in [0.2, 0.25) is 0 Å². The van der Waals surface area contributed by atoms with Gasteiger partial charge in [0, 0.05) is 25.2 Å². The fourth-order valence-corrected chi connectivity index (χ4v) is 3.90. The summed E-state index contributed by atoms with van der Waals surface area (Å²) in [6.45, 7) is 2.86. The maximum atomic E-state index is 12.4. The van der Waals surface area contributed by atoms with Gasteiger partial charge in [0.2, 0.25) is 5.91 Å². The predicted molar refractivity (Wildman–Crippen MR) is 89.4 cm³/mol. The second-order valence-electron chi connectivity index (χ2n) is 6.89. The molecule has 1 N–H and O–H groups in total. The number of carbonyl (C=O) groups excluding carboxylic acids is 1. The molecule has 2 aromatic rings. The van der Waals surface area contributed by atoms with Gasteiger partial charge in [-0.3, -0.25) is 4.79 Å². The Balaban J connectivity index is 1.37. The number of aromatic nitrogens is 2. The van der Waals surface area contributed by atoms with Crippen molar-refractivity contribution in [3.63, 3.8) is 0 Å². The lowest BCUT2D eigenvalue weighted by Crippen LogP contribution is -2.41. The van der Waals surface area contributed by atoms with Crippen LogP contribution in [0.3, 0.4) is 0 Å². The highest BCUT2D eigenvalue weighted by Gasteiger charge is 2.21. The second-order valence-corrected chi connectivity index (χ2v) is 6.89. The van der Waals surface area contributed by atoms with Crippen LogP contribution in [0, 0.1) is 6.92 Å². The predicted octanol–water partition coefficient (Wildman–Crippen LogP) is 2.35. The van der Waals surface area contributed by atoms with Crippen LogP contribution in [-0.4, -0.2) is 21.5 Å². The Kier molecular flexibility index (Phi) is 3.68. The maximum Gasteiger partial charge on any atom is 0.224 e. The van der Waals surface area contributed by atoms with Crippen molar-refractivity contribution in [1.82, 2.24) is 14.9 Å². The van der Waals surface area contributed by atoms with Gasteiger partial charge < -0.3 is 9.88 Å². The molecule has 1 aliphatic heterocycles. The standard InChI is InChI=1S/C19H23N3O/c1-13-11-22-12-17(7-8-18(22)20-13)21-19(23)10-14-5-6-15-3-2-4-16(15)9-14/h5-6,9,11,17H,2-4,7-8,10,12H2,1H3,(H,21,23). The van der Waals surface area contributed by atoms with E-state index in [1.807, 2.05) is 6.92 Å². The molecule has 0 bridgehead atoms. The summed E-state index contributed by atoms with van der Waals surface area (Å²) >= 11 is 0. The third-order valence-electron chi connectivity index (χ3n) is 5.01. The lowest BCUT2D eigenvalue weighted by molar-refractivity contribution is -0.121. The first-order valence-electron chi connectivity index (χ1n) is 8.60. The third-order valence-corrected chi connectivity index (χ3v) is 5.01. The van der Waals surface area contributed by atoms with E-state index in [4.69, 9.17) is 0 Å². The Bertz CT molecular complexity index is 747. The van der Waals surface area contributed by atoms with Crippen molar-refractivity contribution in [2.75, 3.05) is 0 Å². The monoisotopic (exact) mass is 309 g/mol. The minimum atomic E-state index is 0.133. The molecule has 2 heterocycles. The van der Waals surface area contributed by atoms with Gasteiger partial charge in [0.1, 0.15) is 5.82 Å². The zero-order chi connectivity index (χ0) is 15.8. The van der Waals surface area contributed by atoms with Crippen molar-refractivity contribution in [1.29, 1.82) is 0 Å². The van der Waals surface area contributed by atoms with Crippen LogP contribution >= 0.6 is 0 Å². The summed E-state index contributed by atoms with van der Waals surface area (Å²) < 4.78 is 2.18. The van der Waals surface area contributed by atoms with Gasteiger partial charge in [0.15, 0.2) is 0 Å². The number of aryl methyl sites for hydroxylation is 4. The van der Waals surface area contributed by atoms with Crippen LogP contribution in [0.25, 0.3) is 0 Å². The first kappa shape index (κ1) is 14.5. The highest BCUT2D eigenvalue weighted by molar-refractivity contribution is 5.79. The fourth-order valence-electron chi connectivity index (χ4n) is 3.90. The molecule has 0 fully saturated rings. The Hall–Kier alpha value is -2.10. The number of carbonyl (C=O) groups is 1. The number of hydrogen-bond donors (Lipinski definition) is 1. The third kappa shape index (κ3) is 3.03. The van der Waals surface area contributed by atoms with E-state index >= 15 is 0 Å². The number of hydrogen-bond acceptors (Lipinski definition) is 2. The Morgan fingerprint density at radius 3 is 3.09 bits per heavy atom. The van der Waals surface area contributed by atoms with Crippen LogP contribution in [0.4, 0.5) is 0 Å². The molecule has 120 valence electrons. The van der Waals surface area contributed by atoms with Gasteiger partial charge in [-0.2, -0.15) is 0 Å². The van der Waals surface area contributed by atoms with Gasteiger partial charge in [-0.05, 0) is 49.3 Å². The molecule has 4 nitrogen and oxygen atoms in total. The molecule has 1 aromatic carbocycles. The number of nitrogens with zero attached hydrogens (tertiary/aromatic N) is 2. The van der Waals surface area contributed by atoms with Gasteiger partial charge in [-0.15, -0.1) is 0 Å². The lowest BCUT2D eigenvalue weighted by Gasteiger charge is -2.24. The molecule has 1 unspecified atom stereocenters. The first-order chi connectivity index (χ1) is 11.2. The van der Waals surface area contributed by atoms with Gasteiger partial charge in [0.05, 0.1) is 12.1 Å². The normalized spacial score (nSPS) is 19.3. The quantitative estimate of drug-likeness (QED) is 0.946. The molecule has 1 aromatic heterocycles. The van der Waals surface area contributed by atoms with E-state index in [2.05, 4.69) is 39.3 Å². The minimum Gasteiger partial charge on any atom is -0.351 e. The van der Waals surface area contributed by atoms with Crippen molar-refractivity contribution in [2.24, 2.45) is 0 Å². The molecule has 0 spiro atoms. The van der Waals surface area contributed by atoms with Crippen molar-refractivity contribution < 1.29 is 4.79 Å². The van der Waals surface area contributed by atoms with E-state index in [1.54, 1.807) is 0 Å². The zero-order valence-corrected chi connectivity index (χ0v) is 13.6. The van der Waals surface area contributed by atoms with Crippen molar-refractivity contribution >= 4 is 5.91 Å². The van der Waals surface area contributed by atoms with E-state index < -0.39 is 0 Å². The fraction of sp³-hybridized carbons (Fsp3) is 0.474. The second kappa shape index (κ2) is 5.84. The lowest BCUT2D eigenvalue weighted by atomic mass is 10.0. The Labute approximate surface area is 136 Å². The number of nitrogens with one attached hydrogen (secondary N) is 1. The van der Waals surface area contributed by atoms with E-state index in [1.165, 1.54) is 24.0 Å². The molecule has 23 heavy (non-hydrogen) atoms. The van der Waals surface area contributed by atoms with Crippen LogP contribution in [-0.2, 0) is 37.0 Å². The van der Waals surface area contributed by atoms with E-state index in [0.29, 0.717) is 6.42 Å². The maximum absolute atomic E-state index is 12.4. The van der Waals surface area contributed by atoms with Crippen molar-refractivity contribution in [3.05, 3.63) is 52.6 Å².